The number of aromatic nitrogens is 3. The second-order valence-corrected chi connectivity index (χ2v) is 6.98. The molecular weight excluding hydrogens is 394 g/mol. The maximum atomic E-state index is 10.8. The minimum Gasteiger partial charge on any atom is -0.478 e. The molecule has 0 unspecified atom stereocenters. The third kappa shape index (κ3) is 5.74. The van der Waals surface area contributed by atoms with E-state index in [4.69, 9.17) is 16.6 Å². The van der Waals surface area contributed by atoms with E-state index < -0.39 is 11.9 Å². The molecule has 0 aliphatic carbocycles. The first-order valence-corrected chi connectivity index (χ1v) is 9.56. The highest BCUT2D eigenvalue weighted by molar-refractivity contribution is 5.92. The van der Waals surface area contributed by atoms with E-state index in [1.165, 1.54) is 12.4 Å². The zero-order valence-electron chi connectivity index (χ0n) is 17.0. The Morgan fingerprint density at radius 1 is 1.00 bits per heavy atom. The highest BCUT2D eigenvalue weighted by Gasteiger charge is 2.06. The van der Waals surface area contributed by atoms with Gasteiger partial charge in [0.2, 0.25) is 5.91 Å². The van der Waals surface area contributed by atoms with Crippen molar-refractivity contribution in [1.29, 1.82) is 0 Å². The van der Waals surface area contributed by atoms with Gasteiger partial charge in [-0.2, -0.15) is 5.10 Å². The van der Waals surface area contributed by atoms with Crippen molar-refractivity contribution >= 4 is 22.8 Å². The number of nitrogens with zero attached hydrogens (tertiary/aromatic N) is 3. The van der Waals surface area contributed by atoms with E-state index >= 15 is 0 Å². The first-order chi connectivity index (χ1) is 14.9. The Morgan fingerprint density at radius 2 is 1.71 bits per heavy atom. The van der Waals surface area contributed by atoms with Crippen LogP contribution < -0.4 is 11.5 Å². The molecule has 0 aliphatic rings. The van der Waals surface area contributed by atoms with Crippen LogP contribution in [0.2, 0.25) is 0 Å². The number of pyridine rings is 1. The lowest BCUT2D eigenvalue weighted by Crippen LogP contribution is -2.10. The molecule has 2 aromatic heterocycles. The lowest BCUT2D eigenvalue weighted by Gasteiger charge is -2.04. The first kappa shape index (κ1) is 21.7. The molecule has 2 heterocycles. The van der Waals surface area contributed by atoms with E-state index in [-0.39, 0.29) is 5.56 Å². The molecular formula is C23H23N5O3. The summed E-state index contributed by atoms with van der Waals surface area (Å²) in [5, 5.41) is 14.0. The van der Waals surface area contributed by atoms with Crippen molar-refractivity contribution in [2.75, 3.05) is 0 Å². The van der Waals surface area contributed by atoms with E-state index in [1.54, 1.807) is 28.9 Å². The Bertz CT molecular complexity index is 1220. The number of nitrogens with two attached hydrogens (primary N) is 2. The molecule has 0 radical (unpaired) electrons. The van der Waals surface area contributed by atoms with Crippen LogP contribution in [0.4, 0.5) is 0 Å². The number of hydrogen-bond donors (Lipinski definition) is 3. The Labute approximate surface area is 179 Å². The standard InChI is InChI=1S/C15H13N3O2.C8H10N2O/c1-10-2-4-12-6-11(3-5-14(12)17-10)8-18-9-13(7-16-18)15(19)20;9-5-6-1-3-7(4-2-6)8(10)11/h2-7,9H,8H2,1H3,(H,19,20);1-4H,5,9H2,(H2,10,11). The summed E-state index contributed by atoms with van der Waals surface area (Å²) in [6, 6.07) is 16.9. The van der Waals surface area contributed by atoms with E-state index in [2.05, 4.69) is 10.1 Å². The molecule has 0 aliphatic heterocycles. The number of carboxylic acid groups (broad SMARTS) is 1. The Hall–Kier alpha value is -4.04. The molecule has 4 aromatic rings. The first-order valence-electron chi connectivity index (χ1n) is 9.56. The van der Waals surface area contributed by atoms with Gasteiger partial charge < -0.3 is 16.6 Å². The highest BCUT2D eigenvalue weighted by Crippen LogP contribution is 2.15. The number of carboxylic acids is 1. The Kier molecular flexibility index (Phi) is 6.74. The van der Waals surface area contributed by atoms with E-state index in [0.29, 0.717) is 18.7 Å². The highest BCUT2D eigenvalue weighted by atomic mass is 16.4. The summed E-state index contributed by atoms with van der Waals surface area (Å²) in [5.41, 5.74) is 15.1. The van der Waals surface area contributed by atoms with Crippen LogP contribution in [0.15, 0.2) is 67.0 Å². The molecule has 1 amide bonds. The number of amides is 1. The fourth-order valence-electron chi connectivity index (χ4n) is 2.93. The van der Waals surface area contributed by atoms with Crippen LogP contribution in [0.3, 0.4) is 0 Å². The van der Waals surface area contributed by atoms with Crippen molar-refractivity contribution in [3.8, 4) is 0 Å². The van der Waals surface area contributed by atoms with Crippen molar-refractivity contribution < 1.29 is 14.7 Å². The van der Waals surface area contributed by atoms with Crippen LogP contribution in [0, 0.1) is 6.92 Å². The normalized spacial score (nSPS) is 10.4. The number of benzene rings is 2. The average Bonchev–Trinajstić information content (AvgIpc) is 3.23. The van der Waals surface area contributed by atoms with Gasteiger partial charge in [0.25, 0.3) is 0 Å². The predicted octanol–water partition coefficient (Wildman–Crippen LogP) is 2.73. The number of hydrogen-bond acceptors (Lipinski definition) is 5. The molecule has 2 aromatic carbocycles. The number of aryl methyl sites for hydroxylation is 1. The number of fused-ring (bicyclic) bond motifs is 1. The molecule has 4 rings (SSSR count). The van der Waals surface area contributed by atoms with Gasteiger partial charge in [0.15, 0.2) is 0 Å². The lowest BCUT2D eigenvalue weighted by molar-refractivity contribution is 0.0696. The molecule has 0 fully saturated rings. The van der Waals surface area contributed by atoms with Gasteiger partial charge in [-0.15, -0.1) is 0 Å². The molecule has 0 bridgehead atoms. The van der Waals surface area contributed by atoms with Gasteiger partial charge in [-0.3, -0.25) is 14.5 Å². The third-order valence-electron chi connectivity index (χ3n) is 4.59. The van der Waals surface area contributed by atoms with Crippen molar-refractivity contribution in [2.45, 2.75) is 20.0 Å². The molecule has 31 heavy (non-hydrogen) atoms. The van der Waals surface area contributed by atoms with Crippen LogP contribution >= 0.6 is 0 Å². The summed E-state index contributed by atoms with van der Waals surface area (Å²) < 4.78 is 1.62. The van der Waals surface area contributed by atoms with Crippen LogP contribution in [0.25, 0.3) is 10.9 Å². The van der Waals surface area contributed by atoms with E-state index in [0.717, 1.165) is 27.7 Å². The summed E-state index contributed by atoms with van der Waals surface area (Å²) in [5.74, 6) is -1.37. The molecule has 0 atom stereocenters. The van der Waals surface area contributed by atoms with Crippen molar-refractivity contribution in [1.82, 2.24) is 14.8 Å². The van der Waals surface area contributed by atoms with Crippen LogP contribution in [0.5, 0.6) is 0 Å². The largest absolute Gasteiger partial charge is 0.478 e. The summed E-state index contributed by atoms with van der Waals surface area (Å²) in [6.07, 6.45) is 2.88. The molecule has 5 N–H and O–H groups in total. The van der Waals surface area contributed by atoms with Gasteiger partial charge >= 0.3 is 5.97 Å². The number of aromatic carboxylic acids is 1. The monoisotopic (exact) mass is 417 g/mol. The lowest BCUT2D eigenvalue weighted by atomic mass is 10.1. The van der Waals surface area contributed by atoms with Crippen molar-refractivity contribution in [3.63, 3.8) is 0 Å². The van der Waals surface area contributed by atoms with Crippen LogP contribution in [-0.4, -0.2) is 31.7 Å². The van der Waals surface area contributed by atoms with Gasteiger partial charge in [0, 0.05) is 29.4 Å². The molecule has 158 valence electrons. The summed E-state index contributed by atoms with van der Waals surface area (Å²) >= 11 is 0. The molecule has 0 saturated carbocycles. The molecule has 0 spiro atoms. The quantitative estimate of drug-likeness (QED) is 0.457. The average molecular weight is 417 g/mol. The number of primary amides is 1. The summed E-state index contributed by atoms with van der Waals surface area (Å²) in [7, 11) is 0. The van der Waals surface area contributed by atoms with Gasteiger partial charge in [-0.1, -0.05) is 24.3 Å². The molecule has 8 heteroatoms. The second-order valence-electron chi connectivity index (χ2n) is 6.98. The predicted molar refractivity (Wildman–Crippen MR) is 118 cm³/mol. The smallest absolute Gasteiger partial charge is 0.338 e. The van der Waals surface area contributed by atoms with Gasteiger partial charge in [0.1, 0.15) is 0 Å². The third-order valence-corrected chi connectivity index (χ3v) is 4.59. The van der Waals surface area contributed by atoms with Crippen molar-refractivity contribution in [3.05, 3.63) is 94.9 Å². The van der Waals surface area contributed by atoms with E-state index in [1.807, 2.05) is 37.3 Å². The maximum absolute atomic E-state index is 10.8. The SMILES string of the molecule is Cc1ccc2cc(Cn3cc(C(=O)O)cn3)ccc2n1.NCc1ccc(C(N)=O)cc1. The summed E-state index contributed by atoms with van der Waals surface area (Å²) in [6.45, 7) is 2.99. The molecule has 0 saturated heterocycles. The topological polar surface area (TPSA) is 137 Å². The summed E-state index contributed by atoms with van der Waals surface area (Å²) in [4.78, 5) is 25.9. The van der Waals surface area contributed by atoms with Gasteiger partial charge in [-0.25, -0.2) is 4.79 Å². The number of carbonyl (C=O) groups excluding carboxylic acids is 1. The van der Waals surface area contributed by atoms with Gasteiger partial charge in [0.05, 0.1) is 23.8 Å². The Balaban J connectivity index is 0.000000210. The van der Waals surface area contributed by atoms with Crippen molar-refractivity contribution in [2.24, 2.45) is 11.5 Å². The fraction of sp³-hybridized carbons (Fsp3) is 0.130. The van der Waals surface area contributed by atoms with Gasteiger partial charge in [-0.05, 0) is 48.4 Å². The number of rotatable bonds is 5. The van der Waals surface area contributed by atoms with Crippen LogP contribution in [-0.2, 0) is 13.1 Å². The number of carbonyl (C=O) groups is 2. The minimum atomic E-state index is -0.963. The van der Waals surface area contributed by atoms with Crippen LogP contribution in [0.1, 0.15) is 37.5 Å². The molecule has 8 nitrogen and oxygen atoms in total. The Morgan fingerprint density at radius 3 is 2.32 bits per heavy atom. The minimum absolute atomic E-state index is 0.197. The maximum Gasteiger partial charge on any atom is 0.338 e. The van der Waals surface area contributed by atoms with E-state index in [9.17, 15) is 9.59 Å². The second kappa shape index (κ2) is 9.64. The zero-order chi connectivity index (χ0) is 22.4. The zero-order valence-corrected chi connectivity index (χ0v) is 17.0. The fourth-order valence-corrected chi connectivity index (χ4v) is 2.93.